The summed E-state index contributed by atoms with van der Waals surface area (Å²) in [7, 11) is 1.55. The molecule has 25 heavy (non-hydrogen) atoms. The van der Waals surface area contributed by atoms with Crippen LogP contribution in [0.4, 0.5) is 14.9 Å². The number of hydrogen-bond donors (Lipinski definition) is 1. The molecule has 1 aliphatic rings. The Balaban J connectivity index is 1.73. The molecule has 0 aliphatic carbocycles. The molecule has 2 aromatic carbocycles. The number of ether oxygens (including phenoxy) is 1. The van der Waals surface area contributed by atoms with Crippen LogP contribution in [-0.2, 0) is 4.79 Å². The molecule has 1 fully saturated rings. The quantitative estimate of drug-likeness (QED) is 0.821. The first-order valence-corrected chi connectivity index (χ1v) is 8.28. The number of imide groups is 1. The number of carbonyl (C=O) groups excluding carboxylic acids is 2. The van der Waals surface area contributed by atoms with E-state index < -0.39 is 0 Å². The summed E-state index contributed by atoms with van der Waals surface area (Å²) in [6.45, 7) is 0.0135. The summed E-state index contributed by atoms with van der Waals surface area (Å²) in [5.74, 6) is -0.106. The van der Waals surface area contributed by atoms with E-state index in [-0.39, 0.29) is 23.6 Å². The van der Waals surface area contributed by atoms with E-state index in [2.05, 4.69) is 5.32 Å². The van der Waals surface area contributed by atoms with Crippen molar-refractivity contribution in [1.82, 2.24) is 4.90 Å². The second-order valence-corrected chi connectivity index (χ2v) is 6.19. The SMILES string of the molecule is COc1ccccc1/C=C1/SC(=O)N(CNc2ccc(F)cc2)C1=O. The lowest BCUT2D eigenvalue weighted by Gasteiger charge is -2.14. The first-order valence-electron chi connectivity index (χ1n) is 7.46. The van der Waals surface area contributed by atoms with Gasteiger partial charge in [-0.2, -0.15) is 0 Å². The minimum absolute atomic E-state index is 0.0135. The van der Waals surface area contributed by atoms with Crippen LogP contribution in [-0.4, -0.2) is 29.8 Å². The zero-order valence-corrected chi connectivity index (χ0v) is 14.2. The normalized spacial score (nSPS) is 15.8. The number of benzene rings is 2. The number of rotatable bonds is 5. The predicted octanol–water partition coefficient (Wildman–Crippen LogP) is 3.94. The van der Waals surface area contributed by atoms with E-state index in [1.54, 1.807) is 31.4 Å². The van der Waals surface area contributed by atoms with Crippen LogP contribution in [0, 0.1) is 5.82 Å². The number of nitrogens with zero attached hydrogens (tertiary/aromatic N) is 1. The maximum atomic E-state index is 12.9. The van der Waals surface area contributed by atoms with E-state index in [9.17, 15) is 14.0 Å². The van der Waals surface area contributed by atoms with Crippen molar-refractivity contribution >= 4 is 34.7 Å². The topological polar surface area (TPSA) is 58.6 Å². The Hall–Kier alpha value is -2.80. The van der Waals surface area contributed by atoms with Crippen LogP contribution in [0.2, 0.25) is 0 Å². The van der Waals surface area contributed by atoms with Crippen molar-refractivity contribution in [2.45, 2.75) is 0 Å². The zero-order valence-electron chi connectivity index (χ0n) is 13.4. The predicted molar refractivity (Wildman–Crippen MR) is 95.7 cm³/mol. The second kappa shape index (κ2) is 7.40. The number of methoxy groups -OCH3 is 1. The molecule has 5 nitrogen and oxygen atoms in total. The molecule has 0 spiro atoms. The molecule has 0 aromatic heterocycles. The summed E-state index contributed by atoms with van der Waals surface area (Å²) in [4.78, 5) is 26.0. The summed E-state index contributed by atoms with van der Waals surface area (Å²) in [6.07, 6.45) is 1.64. The lowest BCUT2D eigenvalue weighted by atomic mass is 10.2. The number of halogens is 1. The summed E-state index contributed by atoms with van der Waals surface area (Å²) < 4.78 is 18.2. The molecule has 1 saturated heterocycles. The molecule has 0 saturated carbocycles. The van der Waals surface area contributed by atoms with Gasteiger partial charge in [-0.1, -0.05) is 18.2 Å². The summed E-state index contributed by atoms with van der Waals surface area (Å²) in [6, 6.07) is 12.9. The Kier molecular flexibility index (Phi) is 5.04. The molecule has 7 heteroatoms. The second-order valence-electron chi connectivity index (χ2n) is 5.19. The van der Waals surface area contributed by atoms with Crippen molar-refractivity contribution in [3.63, 3.8) is 0 Å². The smallest absolute Gasteiger partial charge is 0.295 e. The molecule has 0 radical (unpaired) electrons. The van der Waals surface area contributed by atoms with Crippen LogP contribution in [0.5, 0.6) is 5.75 Å². The highest BCUT2D eigenvalue weighted by atomic mass is 32.2. The van der Waals surface area contributed by atoms with Gasteiger partial charge in [-0.25, -0.2) is 4.39 Å². The lowest BCUT2D eigenvalue weighted by Crippen LogP contribution is -2.33. The van der Waals surface area contributed by atoms with Gasteiger partial charge in [0.2, 0.25) is 0 Å². The summed E-state index contributed by atoms with van der Waals surface area (Å²) in [5, 5.41) is 2.57. The number of amides is 2. The van der Waals surface area contributed by atoms with E-state index in [4.69, 9.17) is 4.74 Å². The molecule has 3 rings (SSSR count). The Labute approximate surface area is 148 Å². The molecular weight excluding hydrogens is 343 g/mol. The average Bonchev–Trinajstić information content (AvgIpc) is 2.88. The van der Waals surface area contributed by atoms with Gasteiger partial charge in [0.15, 0.2) is 0 Å². The standard InChI is InChI=1S/C18H15FN2O3S/c1-24-15-5-3-2-4-12(15)10-16-17(22)21(18(23)25-16)11-20-14-8-6-13(19)7-9-14/h2-10,20H,11H2,1H3/b16-10+. The van der Waals surface area contributed by atoms with E-state index in [0.717, 1.165) is 22.2 Å². The third-order valence-electron chi connectivity index (χ3n) is 3.58. The Morgan fingerprint density at radius 1 is 1.16 bits per heavy atom. The fourth-order valence-electron chi connectivity index (χ4n) is 2.30. The van der Waals surface area contributed by atoms with Crippen LogP contribution < -0.4 is 10.1 Å². The molecular formula is C18H15FN2O3S. The highest BCUT2D eigenvalue weighted by Crippen LogP contribution is 2.33. The number of carbonyl (C=O) groups is 2. The number of anilines is 1. The summed E-state index contributed by atoms with van der Waals surface area (Å²) in [5.41, 5.74) is 1.34. The van der Waals surface area contributed by atoms with Gasteiger partial charge in [-0.3, -0.25) is 14.5 Å². The van der Waals surface area contributed by atoms with Crippen molar-refractivity contribution in [2.24, 2.45) is 0 Å². The Morgan fingerprint density at radius 2 is 1.88 bits per heavy atom. The molecule has 1 heterocycles. The minimum atomic E-state index is -0.379. The first kappa shape index (κ1) is 17.0. The fraction of sp³-hybridized carbons (Fsp3) is 0.111. The molecule has 2 amide bonds. The van der Waals surface area contributed by atoms with Crippen LogP contribution in [0.25, 0.3) is 6.08 Å². The van der Waals surface area contributed by atoms with Gasteiger partial charge in [0.25, 0.3) is 11.1 Å². The number of para-hydroxylation sites is 1. The number of thioether (sulfide) groups is 1. The molecule has 128 valence electrons. The molecule has 2 aromatic rings. The maximum absolute atomic E-state index is 12.9. The largest absolute Gasteiger partial charge is 0.496 e. The van der Waals surface area contributed by atoms with Gasteiger partial charge in [0.1, 0.15) is 11.6 Å². The lowest BCUT2D eigenvalue weighted by molar-refractivity contribution is -0.122. The van der Waals surface area contributed by atoms with Gasteiger partial charge >= 0.3 is 0 Å². The van der Waals surface area contributed by atoms with Crippen LogP contribution in [0.1, 0.15) is 5.56 Å². The third-order valence-corrected chi connectivity index (χ3v) is 4.49. The molecule has 1 aliphatic heterocycles. The van der Waals surface area contributed by atoms with Crippen molar-refractivity contribution in [2.75, 3.05) is 19.1 Å². The fourth-order valence-corrected chi connectivity index (χ4v) is 3.13. The molecule has 0 unspecified atom stereocenters. The van der Waals surface area contributed by atoms with Crippen LogP contribution >= 0.6 is 11.8 Å². The molecule has 0 atom stereocenters. The van der Waals surface area contributed by atoms with Crippen molar-refractivity contribution in [3.8, 4) is 5.75 Å². The van der Waals surface area contributed by atoms with E-state index in [0.29, 0.717) is 16.3 Å². The third kappa shape index (κ3) is 3.83. The Morgan fingerprint density at radius 3 is 2.60 bits per heavy atom. The molecule has 0 bridgehead atoms. The first-order chi connectivity index (χ1) is 12.1. The van der Waals surface area contributed by atoms with Gasteiger partial charge < -0.3 is 10.1 Å². The van der Waals surface area contributed by atoms with Crippen molar-refractivity contribution < 1.29 is 18.7 Å². The minimum Gasteiger partial charge on any atom is -0.496 e. The number of nitrogens with one attached hydrogen (secondary N) is 1. The average molecular weight is 358 g/mol. The monoisotopic (exact) mass is 358 g/mol. The van der Waals surface area contributed by atoms with E-state index in [1.807, 2.05) is 18.2 Å². The summed E-state index contributed by atoms with van der Waals surface area (Å²) >= 11 is 0.876. The molecule has 1 N–H and O–H groups in total. The maximum Gasteiger partial charge on any atom is 0.295 e. The van der Waals surface area contributed by atoms with Crippen molar-refractivity contribution in [1.29, 1.82) is 0 Å². The van der Waals surface area contributed by atoms with Crippen LogP contribution in [0.3, 0.4) is 0 Å². The van der Waals surface area contributed by atoms with Gasteiger partial charge in [0, 0.05) is 11.3 Å². The van der Waals surface area contributed by atoms with Gasteiger partial charge in [-0.15, -0.1) is 0 Å². The van der Waals surface area contributed by atoms with Crippen molar-refractivity contribution in [3.05, 3.63) is 64.8 Å². The van der Waals surface area contributed by atoms with Crippen LogP contribution in [0.15, 0.2) is 53.4 Å². The van der Waals surface area contributed by atoms with E-state index in [1.165, 1.54) is 12.1 Å². The van der Waals surface area contributed by atoms with Gasteiger partial charge in [-0.05, 0) is 48.2 Å². The number of hydrogen-bond acceptors (Lipinski definition) is 5. The van der Waals surface area contributed by atoms with Gasteiger partial charge in [0.05, 0.1) is 18.7 Å². The highest BCUT2D eigenvalue weighted by molar-refractivity contribution is 8.18. The van der Waals surface area contributed by atoms with E-state index >= 15 is 0 Å². The zero-order chi connectivity index (χ0) is 17.8. The Bertz CT molecular complexity index is 836. The highest BCUT2D eigenvalue weighted by Gasteiger charge is 2.34.